The fourth-order valence-corrected chi connectivity index (χ4v) is 5.77. The molecule has 4 heteroatoms. The summed E-state index contributed by atoms with van der Waals surface area (Å²) >= 11 is 0. The number of hydrogen-bond donors (Lipinski definition) is 1. The van der Waals surface area contributed by atoms with Crippen LogP contribution in [0.3, 0.4) is 0 Å². The van der Waals surface area contributed by atoms with Gasteiger partial charge in [0, 0.05) is 24.0 Å². The molecule has 5 rings (SSSR count). The molecule has 0 bridgehead atoms. The van der Waals surface area contributed by atoms with Crippen molar-refractivity contribution in [3.05, 3.63) is 149 Å². The number of rotatable bonds is 6. The van der Waals surface area contributed by atoms with Crippen LogP contribution in [0, 0.1) is 11.3 Å². The van der Waals surface area contributed by atoms with Crippen molar-refractivity contribution in [1.29, 1.82) is 5.26 Å². The Hall–Kier alpha value is -4.75. The number of nitrogens with one attached hydrogen (secondary N) is 1. The van der Waals surface area contributed by atoms with Crippen LogP contribution in [0.15, 0.2) is 127 Å². The molecule has 0 aliphatic heterocycles. The molecule has 0 fully saturated rings. The minimum Gasteiger partial charge on any atom is -0.337 e. The van der Waals surface area contributed by atoms with E-state index in [0.717, 1.165) is 22.3 Å². The van der Waals surface area contributed by atoms with Crippen LogP contribution in [0.25, 0.3) is 5.57 Å². The Labute approximate surface area is 223 Å². The van der Waals surface area contributed by atoms with Gasteiger partial charge in [0.15, 0.2) is 5.78 Å². The highest BCUT2D eigenvalue weighted by atomic mass is 16.1. The van der Waals surface area contributed by atoms with Crippen LogP contribution in [-0.4, -0.2) is 17.2 Å². The van der Waals surface area contributed by atoms with Crippen molar-refractivity contribution in [1.82, 2.24) is 5.32 Å². The van der Waals surface area contributed by atoms with Crippen LogP contribution in [-0.2, 0) is 4.79 Å². The fraction of sp³-hybridized carbons (Fsp3) is 0.147. The van der Waals surface area contributed by atoms with Gasteiger partial charge in [-0.15, -0.1) is 0 Å². The maximum atomic E-state index is 14.4. The number of ketones is 1. The quantitative estimate of drug-likeness (QED) is 0.302. The Morgan fingerprint density at radius 2 is 1.26 bits per heavy atom. The van der Waals surface area contributed by atoms with E-state index >= 15 is 0 Å². The van der Waals surface area contributed by atoms with Gasteiger partial charge in [-0.3, -0.25) is 9.59 Å². The van der Waals surface area contributed by atoms with Gasteiger partial charge in [-0.25, -0.2) is 0 Å². The first-order valence-corrected chi connectivity index (χ1v) is 12.7. The Morgan fingerprint density at radius 1 is 0.763 bits per heavy atom. The molecule has 3 unspecified atom stereocenters. The first kappa shape index (κ1) is 24.9. The van der Waals surface area contributed by atoms with Gasteiger partial charge in [0.05, 0.1) is 12.0 Å². The molecular weight excluding hydrogens is 468 g/mol. The Bertz CT molecular complexity index is 1510. The molecule has 4 nitrogen and oxygen atoms in total. The van der Waals surface area contributed by atoms with Crippen molar-refractivity contribution in [3.63, 3.8) is 0 Å². The maximum absolute atomic E-state index is 14.4. The van der Waals surface area contributed by atoms with Crippen molar-refractivity contribution in [2.45, 2.75) is 30.7 Å². The van der Waals surface area contributed by atoms with Gasteiger partial charge in [0.25, 0.3) is 0 Å². The van der Waals surface area contributed by atoms with Gasteiger partial charge in [0.1, 0.15) is 5.54 Å². The fourth-order valence-electron chi connectivity index (χ4n) is 5.77. The van der Waals surface area contributed by atoms with E-state index in [1.54, 1.807) is 12.1 Å². The number of benzene rings is 4. The van der Waals surface area contributed by atoms with Crippen LogP contribution in [0.2, 0.25) is 0 Å². The lowest BCUT2D eigenvalue weighted by atomic mass is 9.58. The molecule has 38 heavy (non-hydrogen) atoms. The minimum atomic E-state index is -1.40. The monoisotopic (exact) mass is 496 g/mol. The summed E-state index contributed by atoms with van der Waals surface area (Å²) in [6.07, 6.45) is 0.416. The lowest BCUT2D eigenvalue weighted by molar-refractivity contribution is -0.120. The highest BCUT2D eigenvalue weighted by Crippen LogP contribution is 2.54. The molecule has 0 aromatic heterocycles. The molecule has 0 saturated carbocycles. The number of carbonyl (C=O) groups excluding carboxylic acids is 2. The molecule has 186 valence electrons. The first-order valence-electron chi connectivity index (χ1n) is 12.7. The van der Waals surface area contributed by atoms with Gasteiger partial charge in [0.2, 0.25) is 5.91 Å². The third-order valence-corrected chi connectivity index (χ3v) is 7.33. The Morgan fingerprint density at radius 3 is 1.79 bits per heavy atom. The normalized spacial score (nSPS) is 20.8. The summed E-state index contributed by atoms with van der Waals surface area (Å²) in [5.74, 6) is -1.57. The number of hydrogen-bond acceptors (Lipinski definition) is 3. The molecule has 0 spiro atoms. The number of allylic oxidation sites excluding steroid dienone is 1. The topological polar surface area (TPSA) is 70.0 Å². The second kappa shape index (κ2) is 10.7. The van der Waals surface area contributed by atoms with E-state index in [2.05, 4.69) is 11.4 Å². The van der Waals surface area contributed by atoms with Crippen LogP contribution >= 0.6 is 0 Å². The first-order chi connectivity index (χ1) is 18.5. The van der Waals surface area contributed by atoms with Crippen molar-refractivity contribution in [2.75, 3.05) is 0 Å². The van der Waals surface area contributed by atoms with E-state index in [4.69, 9.17) is 0 Å². The second-order valence-corrected chi connectivity index (χ2v) is 9.63. The molecule has 4 aromatic rings. The van der Waals surface area contributed by atoms with Gasteiger partial charge in [-0.2, -0.15) is 5.26 Å². The van der Waals surface area contributed by atoms with Gasteiger partial charge < -0.3 is 5.32 Å². The smallest absolute Gasteiger partial charge is 0.218 e. The highest BCUT2D eigenvalue weighted by Gasteiger charge is 2.54. The predicted molar refractivity (Wildman–Crippen MR) is 149 cm³/mol. The zero-order valence-electron chi connectivity index (χ0n) is 21.2. The molecular formula is C34H28N2O2. The molecule has 1 amide bonds. The standard InChI is InChI=1S/C34H28N2O2/c1-24(37)36-34(23-35)30(26-16-8-3-9-17-26)22-29(25-14-6-2-7-15-25)31(32(34)27-18-10-4-11-19-27)33(38)28-20-12-5-13-21-28/h2-21,30,32H,22H2,1H3,(H,36,37). The largest absolute Gasteiger partial charge is 0.337 e. The summed E-state index contributed by atoms with van der Waals surface area (Å²) in [5.41, 5.74) is 3.24. The molecule has 1 N–H and O–H groups in total. The predicted octanol–water partition coefficient (Wildman–Crippen LogP) is 6.69. The summed E-state index contributed by atoms with van der Waals surface area (Å²) in [7, 11) is 0. The summed E-state index contributed by atoms with van der Waals surface area (Å²) in [6, 6.07) is 41.0. The molecule has 4 aromatic carbocycles. The van der Waals surface area contributed by atoms with Crippen molar-refractivity contribution in [3.8, 4) is 6.07 Å². The van der Waals surface area contributed by atoms with Crippen molar-refractivity contribution >= 4 is 17.3 Å². The minimum absolute atomic E-state index is 0.144. The van der Waals surface area contributed by atoms with Crippen LogP contribution < -0.4 is 5.32 Å². The molecule has 0 saturated heterocycles. The second-order valence-electron chi connectivity index (χ2n) is 9.63. The number of nitrogens with zero attached hydrogens (tertiary/aromatic N) is 1. The number of Topliss-reactive ketones (excluding diaryl/α,β-unsaturated/α-hetero) is 1. The molecule has 1 aliphatic carbocycles. The van der Waals surface area contributed by atoms with E-state index in [1.807, 2.05) is 109 Å². The average molecular weight is 497 g/mol. The van der Waals surface area contributed by atoms with E-state index < -0.39 is 17.4 Å². The summed E-state index contributed by atoms with van der Waals surface area (Å²) in [6.45, 7) is 1.43. The number of carbonyl (C=O) groups is 2. The molecule has 1 aliphatic rings. The lowest BCUT2D eigenvalue weighted by Crippen LogP contribution is -2.58. The maximum Gasteiger partial charge on any atom is 0.218 e. The molecule has 0 radical (unpaired) electrons. The third-order valence-electron chi connectivity index (χ3n) is 7.33. The number of amides is 1. The third kappa shape index (κ3) is 4.55. The van der Waals surface area contributed by atoms with E-state index in [0.29, 0.717) is 17.6 Å². The van der Waals surface area contributed by atoms with E-state index in [9.17, 15) is 14.9 Å². The zero-order chi connectivity index (χ0) is 26.5. The van der Waals surface area contributed by atoms with Gasteiger partial charge in [-0.05, 0) is 28.7 Å². The number of nitriles is 1. The van der Waals surface area contributed by atoms with Crippen molar-refractivity contribution < 1.29 is 9.59 Å². The van der Waals surface area contributed by atoms with Gasteiger partial charge >= 0.3 is 0 Å². The van der Waals surface area contributed by atoms with E-state index in [1.165, 1.54) is 6.92 Å². The average Bonchev–Trinajstić information content (AvgIpc) is 2.97. The van der Waals surface area contributed by atoms with Gasteiger partial charge in [-0.1, -0.05) is 121 Å². The zero-order valence-corrected chi connectivity index (χ0v) is 21.2. The van der Waals surface area contributed by atoms with Crippen LogP contribution in [0.4, 0.5) is 0 Å². The van der Waals surface area contributed by atoms with Crippen LogP contribution in [0.5, 0.6) is 0 Å². The van der Waals surface area contributed by atoms with E-state index in [-0.39, 0.29) is 11.7 Å². The highest BCUT2D eigenvalue weighted by molar-refractivity contribution is 6.15. The lowest BCUT2D eigenvalue weighted by Gasteiger charge is -2.47. The molecule has 0 heterocycles. The Balaban J connectivity index is 1.89. The summed E-state index contributed by atoms with van der Waals surface area (Å²) in [5, 5.41) is 14.0. The summed E-state index contributed by atoms with van der Waals surface area (Å²) < 4.78 is 0. The summed E-state index contributed by atoms with van der Waals surface area (Å²) in [4.78, 5) is 27.2. The Kier molecular flexibility index (Phi) is 7.02. The van der Waals surface area contributed by atoms with Crippen molar-refractivity contribution in [2.24, 2.45) is 0 Å². The molecule has 3 atom stereocenters. The van der Waals surface area contributed by atoms with Crippen LogP contribution in [0.1, 0.15) is 52.2 Å². The SMILES string of the molecule is CC(=O)NC1(C#N)C(c2ccccc2)CC(c2ccccc2)=C(C(=O)c2ccccc2)C1c1ccccc1.